The van der Waals surface area contributed by atoms with Gasteiger partial charge in [-0.15, -0.1) is 0 Å². The van der Waals surface area contributed by atoms with Gasteiger partial charge >= 0.3 is 0 Å². The van der Waals surface area contributed by atoms with Crippen LogP contribution in [0.4, 0.5) is 0 Å². The Hall–Kier alpha value is -6.18. The Labute approximate surface area is 290 Å². The second-order valence-corrected chi connectivity index (χ2v) is 14.3. The molecular formula is C49H32O. The number of rotatable bonds is 2. The molecule has 0 N–H and O–H groups in total. The highest BCUT2D eigenvalue weighted by atomic mass is 16.3. The molecule has 1 heterocycles. The minimum Gasteiger partial charge on any atom is -0.456 e. The lowest BCUT2D eigenvalue weighted by Crippen LogP contribution is -2.15. The highest BCUT2D eigenvalue weighted by molar-refractivity contribution is 6.29. The maximum absolute atomic E-state index is 6.58. The van der Waals surface area contributed by atoms with Crippen LogP contribution in [-0.4, -0.2) is 0 Å². The molecule has 0 unspecified atom stereocenters. The summed E-state index contributed by atoms with van der Waals surface area (Å²) in [5, 5.41) is 12.4. The first-order valence-corrected chi connectivity index (χ1v) is 17.5. The van der Waals surface area contributed by atoms with Crippen molar-refractivity contribution in [3.63, 3.8) is 0 Å². The third kappa shape index (κ3) is 3.56. The summed E-state index contributed by atoms with van der Waals surface area (Å²) in [6.07, 6.45) is 0. The molecule has 9 aromatic carbocycles. The van der Waals surface area contributed by atoms with Crippen molar-refractivity contribution in [1.82, 2.24) is 0 Å². The first kappa shape index (κ1) is 27.7. The van der Waals surface area contributed by atoms with E-state index in [1.807, 2.05) is 0 Å². The Morgan fingerprint density at radius 2 is 0.780 bits per heavy atom. The SMILES string of the molecule is CC1(C)c2ccccc2-c2c1cc(-c1c3ccccc3c(-c3cc4oc5ccccc5c4c4ccccc34)c3ccccc13)c1ccccc21. The van der Waals surface area contributed by atoms with Gasteiger partial charge in [0.1, 0.15) is 11.2 Å². The standard InChI is InChI=1S/C49H32O/c1-49(2)41-25-13-11-23-37(41)47-31-17-5-3-15-29(31)39(27-42(47)49)45-33-19-7-9-21-35(33)46(36-22-10-8-20-34(36)45)40-28-44-48(32-18-6-4-16-30(32)40)38-24-12-14-26-43(38)50-44/h3-28H,1-2H3. The number of furan rings is 1. The molecule has 1 heteroatoms. The summed E-state index contributed by atoms with van der Waals surface area (Å²) in [6, 6.07) is 58.1. The molecule has 234 valence electrons. The van der Waals surface area contributed by atoms with Crippen molar-refractivity contribution < 1.29 is 4.42 Å². The van der Waals surface area contributed by atoms with Crippen LogP contribution in [0.1, 0.15) is 25.0 Å². The third-order valence-electron chi connectivity index (χ3n) is 11.4. The van der Waals surface area contributed by atoms with E-state index >= 15 is 0 Å². The molecule has 1 aliphatic rings. The lowest BCUT2D eigenvalue weighted by molar-refractivity contribution is 0.661. The number of benzene rings is 9. The van der Waals surface area contributed by atoms with Crippen molar-refractivity contribution >= 4 is 65.0 Å². The molecule has 10 aromatic rings. The van der Waals surface area contributed by atoms with Gasteiger partial charge in [0.15, 0.2) is 0 Å². The minimum atomic E-state index is -0.114. The molecule has 0 radical (unpaired) electrons. The summed E-state index contributed by atoms with van der Waals surface area (Å²) in [5.41, 5.74) is 12.3. The topological polar surface area (TPSA) is 13.1 Å². The van der Waals surface area contributed by atoms with Crippen LogP contribution in [0.25, 0.3) is 98.4 Å². The Morgan fingerprint density at radius 1 is 0.340 bits per heavy atom. The predicted molar refractivity (Wildman–Crippen MR) is 212 cm³/mol. The van der Waals surface area contributed by atoms with Gasteiger partial charge in [-0.25, -0.2) is 0 Å². The van der Waals surface area contributed by atoms with Gasteiger partial charge < -0.3 is 4.42 Å². The van der Waals surface area contributed by atoms with Crippen molar-refractivity contribution in [2.45, 2.75) is 19.3 Å². The Kier molecular flexibility index (Phi) is 5.51. The quantitative estimate of drug-likeness (QED) is 0.172. The molecule has 1 aliphatic carbocycles. The second kappa shape index (κ2) is 9.94. The predicted octanol–water partition coefficient (Wildman–Crippen LogP) is 13.8. The highest BCUT2D eigenvalue weighted by Gasteiger charge is 2.37. The molecule has 0 bridgehead atoms. The summed E-state index contributed by atoms with van der Waals surface area (Å²) >= 11 is 0. The molecule has 1 aromatic heterocycles. The van der Waals surface area contributed by atoms with Gasteiger partial charge in [-0.2, -0.15) is 0 Å². The van der Waals surface area contributed by atoms with E-state index < -0.39 is 0 Å². The number of hydrogen-bond acceptors (Lipinski definition) is 1. The largest absolute Gasteiger partial charge is 0.456 e. The van der Waals surface area contributed by atoms with Crippen LogP contribution in [0.15, 0.2) is 162 Å². The van der Waals surface area contributed by atoms with Crippen molar-refractivity contribution in [3.05, 3.63) is 169 Å². The fourth-order valence-corrected chi connectivity index (χ4v) is 9.26. The zero-order valence-electron chi connectivity index (χ0n) is 27.9. The van der Waals surface area contributed by atoms with Crippen molar-refractivity contribution in [1.29, 1.82) is 0 Å². The van der Waals surface area contributed by atoms with Crippen LogP contribution in [0.3, 0.4) is 0 Å². The van der Waals surface area contributed by atoms with Crippen molar-refractivity contribution in [2.24, 2.45) is 0 Å². The molecule has 0 saturated carbocycles. The van der Waals surface area contributed by atoms with Crippen LogP contribution in [0.2, 0.25) is 0 Å². The number of hydrogen-bond donors (Lipinski definition) is 0. The summed E-state index contributed by atoms with van der Waals surface area (Å²) in [6.45, 7) is 4.77. The number of fused-ring (bicyclic) bond motifs is 12. The van der Waals surface area contributed by atoms with Gasteiger partial charge in [0.2, 0.25) is 0 Å². The van der Waals surface area contributed by atoms with Gasteiger partial charge in [0, 0.05) is 16.2 Å². The first-order valence-electron chi connectivity index (χ1n) is 17.5. The molecule has 50 heavy (non-hydrogen) atoms. The Morgan fingerprint density at radius 3 is 1.40 bits per heavy atom. The van der Waals surface area contributed by atoms with E-state index in [1.54, 1.807) is 0 Å². The number of para-hydroxylation sites is 1. The van der Waals surface area contributed by atoms with Gasteiger partial charge in [0.25, 0.3) is 0 Å². The van der Waals surface area contributed by atoms with Crippen molar-refractivity contribution in [3.8, 4) is 33.4 Å². The molecule has 0 fully saturated rings. The van der Waals surface area contributed by atoms with E-state index in [0.717, 1.165) is 16.6 Å². The molecule has 11 rings (SSSR count). The molecule has 0 atom stereocenters. The lowest BCUT2D eigenvalue weighted by Gasteiger charge is -2.24. The van der Waals surface area contributed by atoms with Crippen LogP contribution in [0.5, 0.6) is 0 Å². The van der Waals surface area contributed by atoms with Gasteiger partial charge in [-0.1, -0.05) is 153 Å². The van der Waals surface area contributed by atoms with E-state index in [9.17, 15) is 0 Å². The van der Waals surface area contributed by atoms with E-state index in [1.165, 1.54) is 93.0 Å². The maximum Gasteiger partial charge on any atom is 0.136 e. The fourth-order valence-electron chi connectivity index (χ4n) is 9.26. The summed E-state index contributed by atoms with van der Waals surface area (Å²) in [5.74, 6) is 0. The zero-order valence-corrected chi connectivity index (χ0v) is 27.9. The highest BCUT2D eigenvalue weighted by Crippen LogP contribution is 2.55. The molecule has 0 saturated heterocycles. The van der Waals surface area contributed by atoms with Crippen LogP contribution < -0.4 is 0 Å². The lowest BCUT2D eigenvalue weighted by atomic mass is 9.78. The molecule has 0 amide bonds. The van der Waals surface area contributed by atoms with Gasteiger partial charge in [-0.05, 0) is 106 Å². The molecule has 1 nitrogen and oxygen atoms in total. The molecule has 0 aliphatic heterocycles. The Balaban J connectivity index is 1.30. The van der Waals surface area contributed by atoms with Crippen LogP contribution >= 0.6 is 0 Å². The molecular weight excluding hydrogens is 605 g/mol. The molecule has 0 spiro atoms. The van der Waals surface area contributed by atoms with Crippen LogP contribution in [0, 0.1) is 0 Å². The normalized spacial score (nSPS) is 13.6. The summed E-state index contributed by atoms with van der Waals surface area (Å²) in [4.78, 5) is 0. The van der Waals surface area contributed by atoms with E-state index in [0.29, 0.717) is 0 Å². The maximum atomic E-state index is 6.58. The minimum absolute atomic E-state index is 0.114. The zero-order chi connectivity index (χ0) is 33.1. The average Bonchev–Trinajstić information content (AvgIpc) is 3.65. The average molecular weight is 637 g/mol. The van der Waals surface area contributed by atoms with Crippen molar-refractivity contribution in [2.75, 3.05) is 0 Å². The Bertz CT molecular complexity index is 3010. The smallest absolute Gasteiger partial charge is 0.136 e. The monoisotopic (exact) mass is 636 g/mol. The fraction of sp³-hybridized carbons (Fsp3) is 0.0612. The van der Waals surface area contributed by atoms with E-state index in [2.05, 4.69) is 172 Å². The van der Waals surface area contributed by atoms with Gasteiger partial charge in [0.05, 0.1) is 0 Å². The van der Waals surface area contributed by atoms with Crippen LogP contribution in [-0.2, 0) is 5.41 Å². The summed E-state index contributed by atoms with van der Waals surface area (Å²) in [7, 11) is 0. The second-order valence-electron chi connectivity index (χ2n) is 14.3. The summed E-state index contributed by atoms with van der Waals surface area (Å²) < 4.78 is 6.58. The van der Waals surface area contributed by atoms with E-state index in [-0.39, 0.29) is 5.41 Å². The van der Waals surface area contributed by atoms with Gasteiger partial charge in [-0.3, -0.25) is 0 Å². The third-order valence-corrected chi connectivity index (χ3v) is 11.4. The van der Waals surface area contributed by atoms with E-state index in [4.69, 9.17) is 4.42 Å². The first-order chi connectivity index (χ1) is 24.6.